The maximum atomic E-state index is 4.68. The SMILES string of the molecule is Cc1cnc(-c2ncc(-c3sc4c(ccc5c4ccc4c(C)c(C)sc45)c3C)s2)s1. The van der Waals surface area contributed by atoms with Gasteiger partial charge in [0.2, 0.25) is 0 Å². The highest BCUT2D eigenvalue weighted by atomic mass is 32.1. The Morgan fingerprint density at radius 2 is 1.20 bits per heavy atom. The molecule has 6 aromatic rings. The molecule has 6 heteroatoms. The second-order valence-electron chi connectivity index (χ2n) is 7.62. The predicted molar refractivity (Wildman–Crippen MR) is 136 cm³/mol. The standard InChI is InChI=1S/C24H18N2S4/c1-11-9-25-23(27-11)24-26-10-19(29-24)20-13(3)16-6-8-17-18(22(16)30-20)7-5-15-12(2)14(4)28-21(15)17/h5-10H,1-4H3. The molecule has 0 fully saturated rings. The van der Waals surface area contributed by atoms with E-state index in [2.05, 4.69) is 61.9 Å². The lowest BCUT2D eigenvalue weighted by atomic mass is 10.0. The molecule has 0 atom stereocenters. The van der Waals surface area contributed by atoms with Crippen LogP contribution >= 0.6 is 45.3 Å². The molecule has 6 rings (SSSR count). The minimum absolute atomic E-state index is 1.01. The summed E-state index contributed by atoms with van der Waals surface area (Å²) >= 11 is 7.27. The van der Waals surface area contributed by atoms with Crippen molar-refractivity contribution >= 4 is 76.3 Å². The van der Waals surface area contributed by atoms with Gasteiger partial charge in [-0.1, -0.05) is 24.3 Å². The van der Waals surface area contributed by atoms with Crippen LogP contribution in [0.4, 0.5) is 0 Å². The minimum atomic E-state index is 1.01. The van der Waals surface area contributed by atoms with Gasteiger partial charge in [0.15, 0.2) is 10.0 Å². The molecule has 2 aromatic carbocycles. The van der Waals surface area contributed by atoms with E-state index >= 15 is 0 Å². The first kappa shape index (κ1) is 18.6. The second-order valence-corrected chi connectivity index (χ2v) is 12.1. The second kappa shape index (κ2) is 6.69. The minimum Gasteiger partial charge on any atom is -0.242 e. The number of hydrogen-bond acceptors (Lipinski definition) is 6. The first-order valence-electron chi connectivity index (χ1n) is 9.75. The largest absolute Gasteiger partial charge is 0.242 e. The van der Waals surface area contributed by atoms with E-state index in [0.717, 1.165) is 10.0 Å². The van der Waals surface area contributed by atoms with Crippen LogP contribution in [0.25, 0.3) is 50.7 Å². The molecule has 30 heavy (non-hydrogen) atoms. The summed E-state index contributed by atoms with van der Waals surface area (Å²) in [5, 5.41) is 7.50. The molecule has 0 aliphatic heterocycles. The average Bonchev–Trinajstić information content (AvgIpc) is 3.50. The predicted octanol–water partition coefficient (Wildman–Crippen LogP) is 8.75. The fourth-order valence-corrected chi connectivity index (χ4v) is 8.44. The van der Waals surface area contributed by atoms with Gasteiger partial charge in [0, 0.05) is 42.3 Å². The van der Waals surface area contributed by atoms with E-state index in [1.165, 1.54) is 61.6 Å². The highest BCUT2D eigenvalue weighted by Gasteiger charge is 2.18. The van der Waals surface area contributed by atoms with Crippen LogP contribution in [-0.2, 0) is 0 Å². The number of nitrogens with zero attached hydrogens (tertiary/aromatic N) is 2. The molecule has 4 heterocycles. The zero-order valence-electron chi connectivity index (χ0n) is 17.0. The number of aromatic nitrogens is 2. The van der Waals surface area contributed by atoms with Gasteiger partial charge < -0.3 is 0 Å². The van der Waals surface area contributed by atoms with Gasteiger partial charge in [0.25, 0.3) is 0 Å². The van der Waals surface area contributed by atoms with Crippen molar-refractivity contribution < 1.29 is 0 Å². The van der Waals surface area contributed by atoms with Gasteiger partial charge in [-0.25, -0.2) is 9.97 Å². The number of hydrogen-bond donors (Lipinski definition) is 0. The summed E-state index contributed by atoms with van der Waals surface area (Å²) in [5.41, 5.74) is 2.76. The van der Waals surface area contributed by atoms with Gasteiger partial charge in [-0.05, 0) is 49.6 Å². The summed E-state index contributed by atoms with van der Waals surface area (Å²) in [7, 11) is 0. The van der Waals surface area contributed by atoms with E-state index in [4.69, 9.17) is 0 Å². The van der Waals surface area contributed by atoms with Crippen molar-refractivity contribution in [1.82, 2.24) is 9.97 Å². The third-order valence-corrected chi connectivity index (χ3v) is 10.6. The van der Waals surface area contributed by atoms with Crippen molar-refractivity contribution in [3.05, 3.63) is 57.5 Å². The third-order valence-electron chi connectivity index (χ3n) is 5.77. The van der Waals surface area contributed by atoms with Crippen molar-refractivity contribution in [2.75, 3.05) is 0 Å². The highest BCUT2D eigenvalue weighted by molar-refractivity contribution is 7.29. The Balaban J connectivity index is 1.57. The van der Waals surface area contributed by atoms with Gasteiger partial charge in [0.1, 0.15) is 0 Å². The maximum Gasteiger partial charge on any atom is 0.152 e. The molecule has 0 saturated carbocycles. The first-order valence-corrected chi connectivity index (χ1v) is 13.0. The van der Waals surface area contributed by atoms with E-state index in [1.54, 1.807) is 22.7 Å². The Kier molecular flexibility index (Phi) is 4.15. The number of fused-ring (bicyclic) bond motifs is 5. The Morgan fingerprint density at radius 3 is 1.90 bits per heavy atom. The molecule has 4 aromatic heterocycles. The molecular weight excluding hydrogens is 445 g/mol. The number of benzene rings is 2. The fraction of sp³-hybridized carbons (Fsp3) is 0.167. The number of thiophene rings is 2. The molecule has 0 radical (unpaired) electrons. The first-order chi connectivity index (χ1) is 14.5. The molecular formula is C24H18N2S4. The van der Waals surface area contributed by atoms with Crippen LogP contribution in [0, 0.1) is 27.7 Å². The van der Waals surface area contributed by atoms with E-state index in [1.807, 2.05) is 35.1 Å². The van der Waals surface area contributed by atoms with E-state index in [0.29, 0.717) is 0 Å². The summed E-state index contributed by atoms with van der Waals surface area (Å²) in [6.45, 7) is 8.79. The van der Waals surface area contributed by atoms with Gasteiger partial charge in [-0.3, -0.25) is 0 Å². The number of thiazole rings is 2. The number of aryl methyl sites for hydroxylation is 4. The summed E-state index contributed by atoms with van der Waals surface area (Å²) in [5.74, 6) is 0. The van der Waals surface area contributed by atoms with Crippen LogP contribution in [0.2, 0.25) is 0 Å². The molecule has 0 aliphatic rings. The smallest absolute Gasteiger partial charge is 0.152 e. The van der Waals surface area contributed by atoms with Crippen LogP contribution < -0.4 is 0 Å². The molecule has 2 nitrogen and oxygen atoms in total. The summed E-state index contributed by atoms with van der Waals surface area (Å²) in [6.07, 6.45) is 3.94. The zero-order valence-corrected chi connectivity index (χ0v) is 20.3. The Bertz CT molecular complexity index is 1590. The summed E-state index contributed by atoms with van der Waals surface area (Å²) in [4.78, 5) is 14.4. The van der Waals surface area contributed by atoms with E-state index in [9.17, 15) is 0 Å². The Morgan fingerprint density at radius 1 is 0.600 bits per heavy atom. The fourth-order valence-electron chi connectivity index (χ4n) is 4.05. The molecule has 0 aliphatic carbocycles. The third kappa shape index (κ3) is 2.64. The van der Waals surface area contributed by atoms with Crippen molar-refractivity contribution in [2.45, 2.75) is 27.7 Å². The lowest BCUT2D eigenvalue weighted by Gasteiger charge is -2.02. The van der Waals surface area contributed by atoms with E-state index < -0.39 is 0 Å². The topological polar surface area (TPSA) is 25.8 Å². The zero-order chi connectivity index (χ0) is 20.6. The highest BCUT2D eigenvalue weighted by Crippen LogP contribution is 2.46. The Labute approximate surface area is 190 Å². The van der Waals surface area contributed by atoms with Gasteiger partial charge >= 0.3 is 0 Å². The molecule has 0 unspecified atom stereocenters. The lowest BCUT2D eigenvalue weighted by Crippen LogP contribution is -1.76. The monoisotopic (exact) mass is 462 g/mol. The molecule has 148 valence electrons. The van der Waals surface area contributed by atoms with Crippen LogP contribution in [0.15, 0.2) is 36.7 Å². The molecule has 0 saturated heterocycles. The Hall–Kier alpha value is -2.12. The van der Waals surface area contributed by atoms with Crippen molar-refractivity contribution in [3.63, 3.8) is 0 Å². The van der Waals surface area contributed by atoms with Gasteiger partial charge in [0.05, 0.1) is 9.75 Å². The summed E-state index contributed by atoms with van der Waals surface area (Å²) in [6, 6.07) is 9.24. The molecule has 0 N–H and O–H groups in total. The van der Waals surface area contributed by atoms with Crippen LogP contribution in [-0.4, -0.2) is 9.97 Å². The quantitative estimate of drug-likeness (QED) is 0.257. The van der Waals surface area contributed by atoms with Crippen LogP contribution in [0.5, 0.6) is 0 Å². The van der Waals surface area contributed by atoms with Crippen molar-refractivity contribution in [2.24, 2.45) is 0 Å². The molecule has 0 amide bonds. The van der Waals surface area contributed by atoms with Gasteiger partial charge in [-0.2, -0.15) is 0 Å². The average molecular weight is 463 g/mol. The van der Waals surface area contributed by atoms with Crippen molar-refractivity contribution in [3.8, 4) is 19.8 Å². The van der Waals surface area contributed by atoms with Crippen LogP contribution in [0.1, 0.15) is 20.9 Å². The van der Waals surface area contributed by atoms with Gasteiger partial charge in [-0.15, -0.1) is 45.3 Å². The summed E-state index contributed by atoms with van der Waals surface area (Å²) < 4.78 is 2.79. The molecule has 0 bridgehead atoms. The van der Waals surface area contributed by atoms with Crippen molar-refractivity contribution in [1.29, 1.82) is 0 Å². The lowest BCUT2D eigenvalue weighted by molar-refractivity contribution is 1.34. The number of rotatable bonds is 2. The molecule has 0 spiro atoms. The maximum absolute atomic E-state index is 4.68. The van der Waals surface area contributed by atoms with Crippen LogP contribution in [0.3, 0.4) is 0 Å². The van der Waals surface area contributed by atoms with E-state index in [-0.39, 0.29) is 0 Å². The normalized spacial score (nSPS) is 12.0.